The number of halogens is 1. The molecule has 2 heteroatoms. The normalized spacial score (nSPS) is 11.2. The average molecular weight is 278 g/mol. The third kappa shape index (κ3) is 1.73. The van der Waals surface area contributed by atoms with Crippen molar-refractivity contribution in [1.29, 1.82) is 0 Å². The number of fused-ring (bicyclic) bond motifs is 3. The SMILES string of the molecule is Fc1ccc(-c2cccc3sc4ccccc4c23)cc1. The first-order valence-electron chi connectivity index (χ1n) is 6.49. The van der Waals surface area contributed by atoms with Crippen molar-refractivity contribution in [3.63, 3.8) is 0 Å². The van der Waals surface area contributed by atoms with E-state index in [1.807, 2.05) is 12.1 Å². The first-order chi connectivity index (χ1) is 9.83. The second-order valence-corrected chi connectivity index (χ2v) is 5.87. The summed E-state index contributed by atoms with van der Waals surface area (Å²) in [5, 5.41) is 2.53. The van der Waals surface area contributed by atoms with Gasteiger partial charge < -0.3 is 0 Å². The molecule has 0 bridgehead atoms. The van der Waals surface area contributed by atoms with Crippen molar-refractivity contribution in [1.82, 2.24) is 0 Å². The first-order valence-corrected chi connectivity index (χ1v) is 7.31. The summed E-state index contributed by atoms with van der Waals surface area (Å²) in [5.74, 6) is -0.198. The Morgan fingerprint density at radius 1 is 0.700 bits per heavy atom. The summed E-state index contributed by atoms with van der Waals surface area (Å²) in [6.07, 6.45) is 0. The zero-order valence-electron chi connectivity index (χ0n) is 10.6. The van der Waals surface area contributed by atoms with Gasteiger partial charge in [0.1, 0.15) is 5.82 Å². The molecule has 0 saturated heterocycles. The largest absolute Gasteiger partial charge is 0.207 e. The van der Waals surface area contributed by atoms with E-state index in [9.17, 15) is 4.39 Å². The monoisotopic (exact) mass is 278 g/mol. The van der Waals surface area contributed by atoms with E-state index in [0.717, 1.165) is 5.56 Å². The van der Waals surface area contributed by atoms with Crippen molar-refractivity contribution in [2.75, 3.05) is 0 Å². The van der Waals surface area contributed by atoms with E-state index in [4.69, 9.17) is 0 Å². The van der Waals surface area contributed by atoms with Gasteiger partial charge in [0.25, 0.3) is 0 Å². The van der Waals surface area contributed by atoms with Crippen LogP contribution in [0, 0.1) is 5.82 Å². The van der Waals surface area contributed by atoms with Crippen LogP contribution in [0.25, 0.3) is 31.3 Å². The molecule has 0 fully saturated rings. The van der Waals surface area contributed by atoms with E-state index in [1.165, 1.54) is 37.9 Å². The Labute approximate surface area is 120 Å². The Hall–Kier alpha value is -2.19. The topological polar surface area (TPSA) is 0 Å². The van der Waals surface area contributed by atoms with Crippen LogP contribution in [0.4, 0.5) is 4.39 Å². The van der Waals surface area contributed by atoms with Gasteiger partial charge in [-0.2, -0.15) is 0 Å². The van der Waals surface area contributed by atoms with Crippen LogP contribution in [0.2, 0.25) is 0 Å². The highest BCUT2D eigenvalue weighted by atomic mass is 32.1. The molecule has 0 saturated carbocycles. The van der Waals surface area contributed by atoms with Crippen molar-refractivity contribution in [3.05, 3.63) is 72.5 Å². The lowest BCUT2D eigenvalue weighted by Gasteiger charge is -2.04. The Bertz CT molecular complexity index is 904. The van der Waals surface area contributed by atoms with Gasteiger partial charge in [-0.15, -0.1) is 11.3 Å². The molecule has 0 aliphatic heterocycles. The molecule has 1 heterocycles. The number of thiophene rings is 1. The number of rotatable bonds is 1. The van der Waals surface area contributed by atoms with Crippen LogP contribution >= 0.6 is 11.3 Å². The lowest BCUT2D eigenvalue weighted by Crippen LogP contribution is -1.80. The van der Waals surface area contributed by atoms with Crippen molar-refractivity contribution in [2.24, 2.45) is 0 Å². The molecule has 96 valence electrons. The third-order valence-electron chi connectivity index (χ3n) is 3.56. The second kappa shape index (κ2) is 4.43. The van der Waals surface area contributed by atoms with Gasteiger partial charge >= 0.3 is 0 Å². The quantitative estimate of drug-likeness (QED) is 0.409. The molecular weight excluding hydrogens is 267 g/mol. The maximum Gasteiger partial charge on any atom is 0.123 e. The van der Waals surface area contributed by atoms with Crippen LogP contribution in [0.5, 0.6) is 0 Å². The van der Waals surface area contributed by atoms with Crippen LogP contribution in [0.15, 0.2) is 66.7 Å². The summed E-state index contributed by atoms with van der Waals surface area (Å²) in [6, 6.07) is 21.5. The van der Waals surface area contributed by atoms with E-state index in [2.05, 4.69) is 42.5 Å². The van der Waals surface area contributed by atoms with Crippen LogP contribution in [0.1, 0.15) is 0 Å². The van der Waals surface area contributed by atoms with Gasteiger partial charge in [0, 0.05) is 20.2 Å². The molecule has 0 N–H and O–H groups in total. The van der Waals surface area contributed by atoms with Crippen molar-refractivity contribution < 1.29 is 4.39 Å². The second-order valence-electron chi connectivity index (χ2n) is 4.78. The predicted octanol–water partition coefficient (Wildman–Crippen LogP) is 5.86. The van der Waals surface area contributed by atoms with Gasteiger partial charge in [-0.05, 0) is 35.4 Å². The van der Waals surface area contributed by atoms with Gasteiger partial charge in [0.05, 0.1) is 0 Å². The molecule has 0 unspecified atom stereocenters. The fraction of sp³-hybridized carbons (Fsp3) is 0. The molecule has 0 amide bonds. The van der Waals surface area contributed by atoms with Crippen LogP contribution < -0.4 is 0 Å². The summed E-state index contributed by atoms with van der Waals surface area (Å²) >= 11 is 1.80. The molecule has 0 radical (unpaired) electrons. The molecule has 0 nitrogen and oxygen atoms in total. The third-order valence-corrected chi connectivity index (χ3v) is 4.69. The summed E-state index contributed by atoms with van der Waals surface area (Å²) in [6.45, 7) is 0. The molecule has 0 atom stereocenters. The van der Waals surface area contributed by atoms with E-state index in [0.29, 0.717) is 0 Å². The highest BCUT2D eigenvalue weighted by Crippen LogP contribution is 2.39. The van der Waals surface area contributed by atoms with Gasteiger partial charge in [-0.1, -0.05) is 42.5 Å². The van der Waals surface area contributed by atoms with Gasteiger partial charge in [0.2, 0.25) is 0 Å². The van der Waals surface area contributed by atoms with Gasteiger partial charge in [-0.25, -0.2) is 4.39 Å². The van der Waals surface area contributed by atoms with Crippen molar-refractivity contribution in [2.45, 2.75) is 0 Å². The molecular formula is C18H11FS. The molecule has 0 aliphatic rings. The lowest BCUT2D eigenvalue weighted by molar-refractivity contribution is 0.628. The van der Waals surface area contributed by atoms with Crippen LogP contribution in [0.3, 0.4) is 0 Å². The fourth-order valence-corrected chi connectivity index (χ4v) is 3.78. The minimum Gasteiger partial charge on any atom is -0.207 e. The van der Waals surface area contributed by atoms with E-state index in [1.54, 1.807) is 11.3 Å². The zero-order valence-corrected chi connectivity index (χ0v) is 11.5. The summed E-state index contributed by atoms with van der Waals surface area (Å²) < 4.78 is 15.7. The summed E-state index contributed by atoms with van der Waals surface area (Å²) in [7, 11) is 0. The highest BCUT2D eigenvalue weighted by Gasteiger charge is 2.10. The fourth-order valence-electron chi connectivity index (χ4n) is 2.64. The summed E-state index contributed by atoms with van der Waals surface area (Å²) in [4.78, 5) is 0. The zero-order chi connectivity index (χ0) is 13.5. The molecule has 4 aromatic rings. The minimum atomic E-state index is -0.198. The summed E-state index contributed by atoms with van der Waals surface area (Å²) in [5.41, 5.74) is 2.22. The first kappa shape index (κ1) is 11.6. The minimum absolute atomic E-state index is 0.198. The number of hydrogen-bond donors (Lipinski definition) is 0. The smallest absolute Gasteiger partial charge is 0.123 e. The maximum atomic E-state index is 13.1. The molecule has 3 aromatic carbocycles. The van der Waals surface area contributed by atoms with Crippen molar-refractivity contribution in [3.8, 4) is 11.1 Å². The van der Waals surface area contributed by atoms with E-state index < -0.39 is 0 Å². The van der Waals surface area contributed by atoms with Crippen molar-refractivity contribution >= 4 is 31.5 Å². The van der Waals surface area contributed by atoms with Crippen LogP contribution in [-0.4, -0.2) is 0 Å². The molecule has 20 heavy (non-hydrogen) atoms. The predicted molar refractivity (Wildman–Crippen MR) is 84.7 cm³/mol. The highest BCUT2D eigenvalue weighted by molar-refractivity contribution is 7.25. The average Bonchev–Trinajstić information content (AvgIpc) is 2.86. The maximum absolute atomic E-state index is 13.1. The molecule has 0 spiro atoms. The number of benzene rings is 3. The van der Waals surface area contributed by atoms with E-state index >= 15 is 0 Å². The Morgan fingerprint density at radius 2 is 1.45 bits per heavy atom. The Balaban J connectivity index is 2.11. The number of hydrogen-bond acceptors (Lipinski definition) is 1. The lowest BCUT2D eigenvalue weighted by atomic mass is 9.99. The molecule has 0 aliphatic carbocycles. The Morgan fingerprint density at radius 3 is 2.30 bits per heavy atom. The molecule has 4 rings (SSSR count). The Kier molecular flexibility index (Phi) is 2.57. The van der Waals surface area contributed by atoms with Gasteiger partial charge in [-0.3, -0.25) is 0 Å². The van der Waals surface area contributed by atoms with E-state index in [-0.39, 0.29) is 5.82 Å². The van der Waals surface area contributed by atoms with Gasteiger partial charge in [0.15, 0.2) is 0 Å². The molecule has 1 aromatic heterocycles. The van der Waals surface area contributed by atoms with Crippen LogP contribution in [-0.2, 0) is 0 Å². The standard InChI is InChI=1S/C18H11FS/c19-13-10-8-12(9-11-13)14-5-3-7-17-18(14)15-4-1-2-6-16(15)20-17/h1-11H.